The maximum Gasteiger partial charge on any atom is 0.251 e. The Morgan fingerprint density at radius 3 is 2.41 bits per heavy atom. The molecule has 29 heavy (non-hydrogen) atoms. The Morgan fingerprint density at radius 2 is 1.72 bits per heavy atom. The van der Waals surface area contributed by atoms with Crippen molar-refractivity contribution < 1.29 is 4.42 Å². The number of hydrogen-bond acceptors (Lipinski definition) is 6. The Kier molecular flexibility index (Phi) is 5.62. The van der Waals surface area contributed by atoms with Gasteiger partial charge in [0, 0.05) is 43.5 Å². The zero-order chi connectivity index (χ0) is 20.4. The number of hydrogen-bond donors (Lipinski definition) is 1. The predicted octanol–water partition coefficient (Wildman–Crippen LogP) is 4.30. The summed E-state index contributed by atoms with van der Waals surface area (Å²) in [6, 6.07) is 6.88. The van der Waals surface area contributed by atoms with Crippen molar-refractivity contribution in [2.75, 3.05) is 18.0 Å². The number of nitrogens with zero attached hydrogens (tertiary/aromatic N) is 4. The van der Waals surface area contributed by atoms with Gasteiger partial charge in [-0.25, -0.2) is 0 Å². The van der Waals surface area contributed by atoms with Crippen molar-refractivity contribution in [2.45, 2.75) is 52.5 Å². The fraction of sp³-hybridized carbons (Fsp3) is 0.435. The van der Waals surface area contributed by atoms with Crippen LogP contribution in [-0.4, -0.2) is 34.3 Å². The van der Waals surface area contributed by atoms with E-state index in [1.165, 1.54) is 11.1 Å². The highest BCUT2D eigenvalue weighted by atomic mass is 16.4. The molecular weight excluding hydrogens is 362 g/mol. The fourth-order valence-electron chi connectivity index (χ4n) is 4.09. The van der Waals surface area contributed by atoms with Crippen molar-refractivity contribution in [3.05, 3.63) is 47.6 Å². The van der Waals surface area contributed by atoms with Crippen LogP contribution in [0.1, 0.15) is 43.2 Å². The summed E-state index contributed by atoms with van der Waals surface area (Å²) >= 11 is 0. The van der Waals surface area contributed by atoms with Gasteiger partial charge in [-0.15, -0.1) is 10.2 Å². The molecule has 152 valence electrons. The third kappa shape index (κ3) is 4.17. The molecule has 6 nitrogen and oxygen atoms in total. The van der Waals surface area contributed by atoms with Gasteiger partial charge in [-0.05, 0) is 38.7 Å². The second-order valence-electron chi connectivity index (χ2n) is 8.04. The first kappa shape index (κ1) is 19.6. The van der Waals surface area contributed by atoms with Crippen molar-refractivity contribution in [2.24, 2.45) is 5.73 Å². The molecule has 0 spiro atoms. The molecule has 0 atom stereocenters. The van der Waals surface area contributed by atoms with Crippen LogP contribution in [0.5, 0.6) is 0 Å². The molecule has 2 N–H and O–H groups in total. The molecule has 1 fully saturated rings. The van der Waals surface area contributed by atoms with E-state index in [1.54, 1.807) is 0 Å². The van der Waals surface area contributed by atoms with Gasteiger partial charge in [-0.2, -0.15) is 0 Å². The molecule has 2 aromatic heterocycles. The largest absolute Gasteiger partial charge is 0.421 e. The zero-order valence-corrected chi connectivity index (χ0v) is 17.5. The van der Waals surface area contributed by atoms with Crippen LogP contribution in [0.25, 0.3) is 22.6 Å². The lowest BCUT2D eigenvalue weighted by Gasteiger charge is -2.34. The van der Waals surface area contributed by atoms with E-state index >= 15 is 0 Å². The molecular formula is C23H29N5O. The molecule has 1 aromatic carbocycles. The number of aromatic nitrogens is 3. The van der Waals surface area contributed by atoms with E-state index in [2.05, 4.69) is 59.1 Å². The second kappa shape index (κ2) is 8.33. The second-order valence-corrected chi connectivity index (χ2v) is 8.04. The van der Waals surface area contributed by atoms with Gasteiger partial charge in [0.25, 0.3) is 5.89 Å². The quantitative estimate of drug-likeness (QED) is 0.698. The Balaban J connectivity index is 1.86. The zero-order valence-electron chi connectivity index (χ0n) is 17.5. The van der Waals surface area contributed by atoms with Crippen molar-refractivity contribution in [3.8, 4) is 22.6 Å². The summed E-state index contributed by atoms with van der Waals surface area (Å²) in [7, 11) is 0. The Bertz CT molecular complexity index is 968. The number of piperidine rings is 1. The van der Waals surface area contributed by atoms with Crippen LogP contribution in [0.4, 0.5) is 5.69 Å². The minimum atomic E-state index is 0.265. The number of benzene rings is 1. The van der Waals surface area contributed by atoms with Crippen molar-refractivity contribution in [1.82, 2.24) is 15.2 Å². The van der Waals surface area contributed by atoms with Gasteiger partial charge in [-0.3, -0.25) is 4.98 Å². The molecule has 0 aliphatic carbocycles. The van der Waals surface area contributed by atoms with E-state index < -0.39 is 0 Å². The van der Waals surface area contributed by atoms with E-state index in [1.807, 2.05) is 12.4 Å². The van der Waals surface area contributed by atoms with Crippen molar-refractivity contribution in [3.63, 3.8) is 0 Å². The number of pyridine rings is 1. The molecule has 3 heterocycles. The van der Waals surface area contributed by atoms with Gasteiger partial charge in [0.15, 0.2) is 0 Å². The highest BCUT2D eigenvalue weighted by Crippen LogP contribution is 2.40. The van der Waals surface area contributed by atoms with Crippen LogP contribution in [0.2, 0.25) is 0 Å². The van der Waals surface area contributed by atoms with E-state index in [0.717, 1.165) is 61.2 Å². The van der Waals surface area contributed by atoms with Gasteiger partial charge < -0.3 is 15.1 Å². The lowest BCUT2D eigenvalue weighted by Crippen LogP contribution is -2.40. The van der Waals surface area contributed by atoms with E-state index in [0.29, 0.717) is 11.8 Å². The summed E-state index contributed by atoms with van der Waals surface area (Å²) in [5, 5.41) is 8.57. The number of rotatable bonds is 5. The minimum absolute atomic E-state index is 0.265. The standard InChI is InChI=1S/C23H29N5O/c1-4-5-21-26-27-23(29-21)20-14-25-13-19(17-11-15(2)10-16(3)12-17)22(20)28-8-6-18(24)7-9-28/h10-14,18H,4-9,24H2,1-3H3. The maximum atomic E-state index is 6.17. The lowest BCUT2D eigenvalue weighted by atomic mass is 9.96. The first-order valence-corrected chi connectivity index (χ1v) is 10.4. The molecule has 0 amide bonds. The summed E-state index contributed by atoms with van der Waals surface area (Å²) in [4.78, 5) is 6.94. The molecule has 4 rings (SSSR count). The van der Waals surface area contributed by atoms with Crippen LogP contribution in [0, 0.1) is 13.8 Å². The van der Waals surface area contributed by atoms with Gasteiger partial charge in [-0.1, -0.05) is 36.2 Å². The highest BCUT2D eigenvalue weighted by Gasteiger charge is 2.25. The molecule has 0 radical (unpaired) electrons. The van der Waals surface area contributed by atoms with E-state index in [9.17, 15) is 0 Å². The van der Waals surface area contributed by atoms with Crippen LogP contribution in [-0.2, 0) is 6.42 Å². The number of nitrogens with two attached hydrogens (primary N) is 1. The van der Waals surface area contributed by atoms with Gasteiger partial charge in [0.1, 0.15) is 0 Å². The first-order valence-electron chi connectivity index (χ1n) is 10.4. The third-order valence-electron chi connectivity index (χ3n) is 5.47. The summed E-state index contributed by atoms with van der Waals surface area (Å²) in [5.41, 5.74) is 12.9. The van der Waals surface area contributed by atoms with E-state index in [-0.39, 0.29) is 6.04 Å². The molecule has 3 aromatic rings. The molecule has 6 heteroatoms. The van der Waals surface area contributed by atoms with Crippen molar-refractivity contribution >= 4 is 5.69 Å². The topological polar surface area (TPSA) is 81.1 Å². The molecule has 0 bridgehead atoms. The van der Waals surface area contributed by atoms with Gasteiger partial charge in [0.2, 0.25) is 5.89 Å². The van der Waals surface area contributed by atoms with Crippen molar-refractivity contribution in [1.29, 1.82) is 0 Å². The monoisotopic (exact) mass is 391 g/mol. The SMILES string of the molecule is CCCc1nnc(-c2cncc(-c3cc(C)cc(C)c3)c2N2CCC(N)CC2)o1. The van der Waals surface area contributed by atoms with E-state index in [4.69, 9.17) is 10.2 Å². The smallest absolute Gasteiger partial charge is 0.251 e. The molecule has 1 saturated heterocycles. The van der Waals surface area contributed by atoms with Crippen LogP contribution >= 0.6 is 0 Å². The molecule has 1 aliphatic heterocycles. The van der Waals surface area contributed by atoms with Gasteiger partial charge >= 0.3 is 0 Å². The predicted molar refractivity (Wildman–Crippen MR) is 116 cm³/mol. The fourth-order valence-corrected chi connectivity index (χ4v) is 4.09. The molecule has 1 aliphatic rings. The Labute approximate surface area is 172 Å². The summed E-state index contributed by atoms with van der Waals surface area (Å²) in [6.45, 7) is 8.18. The first-order chi connectivity index (χ1) is 14.0. The third-order valence-corrected chi connectivity index (χ3v) is 5.47. The average Bonchev–Trinajstić information content (AvgIpc) is 3.16. The number of aryl methyl sites for hydroxylation is 3. The normalized spacial score (nSPS) is 15.1. The molecule has 0 unspecified atom stereocenters. The van der Waals surface area contributed by atoms with Crippen LogP contribution in [0.15, 0.2) is 35.0 Å². The average molecular weight is 392 g/mol. The Morgan fingerprint density at radius 1 is 1.03 bits per heavy atom. The highest BCUT2D eigenvalue weighted by molar-refractivity contribution is 5.88. The Hall–Kier alpha value is -2.73. The number of anilines is 1. The summed E-state index contributed by atoms with van der Waals surface area (Å²) in [6.07, 6.45) is 7.49. The maximum absolute atomic E-state index is 6.17. The van der Waals surface area contributed by atoms with Gasteiger partial charge in [0.05, 0.1) is 11.3 Å². The lowest BCUT2D eigenvalue weighted by molar-refractivity contribution is 0.495. The van der Waals surface area contributed by atoms with Crippen LogP contribution in [0.3, 0.4) is 0 Å². The molecule has 0 saturated carbocycles. The van der Waals surface area contributed by atoms with Crippen LogP contribution < -0.4 is 10.6 Å². The minimum Gasteiger partial charge on any atom is -0.421 e. The summed E-state index contributed by atoms with van der Waals surface area (Å²) < 4.78 is 5.99. The summed E-state index contributed by atoms with van der Waals surface area (Å²) in [5.74, 6) is 1.21.